The van der Waals surface area contributed by atoms with Crippen LogP contribution in [0, 0.1) is 0 Å². The molecule has 0 fully saturated rings. The van der Waals surface area contributed by atoms with Gasteiger partial charge in [0, 0.05) is 18.0 Å². The molecule has 2 unspecified atom stereocenters. The molecular formula is C17H21NO2. The van der Waals surface area contributed by atoms with E-state index in [1.54, 1.807) is 6.26 Å². The number of hydrogen-bond acceptors (Lipinski definition) is 3. The first-order valence-electron chi connectivity index (χ1n) is 7.12. The van der Waals surface area contributed by atoms with Crippen LogP contribution in [0.15, 0.2) is 47.1 Å². The highest BCUT2D eigenvalue weighted by Crippen LogP contribution is 2.42. The van der Waals surface area contributed by atoms with Gasteiger partial charge in [0.15, 0.2) is 0 Å². The van der Waals surface area contributed by atoms with Crippen molar-refractivity contribution in [3.05, 3.63) is 54.0 Å². The SMILES string of the molecule is CC(Cc1ccco1)NC1c2ccccc2OC1(C)C. The van der Waals surface area contributed by atoms with Gasteiger partial charge >= 0.3 is 0 Å². The third kappa shape index (κ3) is 2.46. The average molecular weight is 271 g/mol. The Labute approximate surface area is 119 Å². The third-order valence-corrected chi connectivity index (χ3v) is 3.84. The lowest BCUT2D eigenvalue weighted by atomic mass is 9.93. The molecule has 1 aromatic carbocycles. The van der Waals surface area contributed by atoms with E-state index < -0.39 is 0 Å². The maximum Gasteiger partial charge on any atom is 0.125 e. The molecular weight excluding hydrogens is 250 g/mol. The minimum absolute atomic E-state index is 0.198. The molecule has 0 aliphatic carbocycles. The topological polar surface area (TPSA) is 34.4 Å². The van der Waals surface area contributed by atoms with Crippen LogP contribution >= 0.6 is 0 Å². The van der Waals surface area contributed by atoms with Crippen LogP contribution < -0.4 is 10.1 Å². The van der Waals surface area contributed by atoms with E-state index in [2.05, 4.69) is 38.2 Å². The highest BCUT2D eigenvalue weighted by Gasteiger charge is 2.41. The lowest BCUT2D eigenvalue weighted by molar-refractivity contribution is 0.0915. The molecule has 1 aliphatic heterocycles. The minimum atomic E-state index is -0.235. The molecule has 0 amide bonds. The summed E-state index contributed by atoms with van der Waals surface area (Å²) in [5, 5.41) is 3.68. The largest absolute Gasteiger partial charge is 0.486 e. The number of nitrogens with one attached hydrogen (secondary N) is 1. The van der Waals surface area contributed by atoms with Gasteiger partial charge < -0.3 is 14.5 Å². The fourth-order valence-electron chi connectivity index (χ4n) is 2.89. The van der Waals surface area contributed by atoms with E-state index in [1.165, 1.54) is 5.56 Å². The quantitative estimate of drug-likeness (QED) is 0.920. The van der Waals surface area contributed by atoms with Crippen molar-refractivity contribution >= 4 is 0 Å². The first kappa shape index (κ1) is 13.3. The molecule has 1 aromatic heterocycles. The summed E-state index contributed by atoms with van der Waals surface area (Å²) in [5.74, 6) is 2.00. The smallest absolute Gasteiger partial charge is 0.125 e. The zero-order valence-electron chi connectivity index (χ0n) is 12.2. The van der Waals surface area contributed by atoms with Gasteiger partial charge in [-0.2, -0.15) is 0 Å². The molecule has 20 heavy (non-hydrogen) atoms. The monoisotopic (exact) mass is 271 g/mol. The molecule has 2 aromatic rings. The highest BCUT2D eigenvalue weighted by atomic mass is 16.5. The molecule has 2 heterocycles. The Balaban J connectivity index is 1.75. The van der Waals surface area contributed by atoms with Gasteiger partial charge in [0.25, 0.3) is 0 Å². The van der Waals surface area contributed by atoms with Crippen molar-refractivity contribution in [2.45, 2.75) is 44.9 Å². The van der Waals surface area contributed by atoms with Crippen LogP contribution in [0.5, 0.6) is 5.75 Å². The summed E-state index contributed by atoms with van der Waals surface area (Å²) in [4.78, 5) is 0. The molecule has 1 aliphatic rings. The van der Waals surface area contributed by atoms with Crippen molar-refractivity contribution in [1.29, 1.82) is 0 Å². The Morgan fingerprint density at radius 3 is 2.75 bits per heavy atom. The lowest BCUT2D eigenvalue weighted by Crippen LogP contribution is -2.43. The molecule has 0 saturated heterocycles. The predicted octanol–water partition coefficient (Wildman–Crippen LogP) is 3.71. The minimum Gasteiger partial charge on any atom is -0.486 e. The molecule has 0 radical (unpaired) electrons. The van der Waals surface area contributed by atoms with E-state index >= 15 is 0 Å². The summed E-state index contributed by atoms with van der Waals surface area (Å²) >= 11 is 0. The summed E-state index contributed by atoms with van der Waals surface area (Å²) < 4.78 is 11.5. The van der Waals surface area contributed by atoms with Gasteiger partial charge in [-0.3, -0.25) is 0 Å². The normalized spacial score (nSPS) is 21.2. The van der Waals surface area contributed by atoms with Crippen LogP contribution in [0.2, 0.25) is 0 Å². The number of benzene rings is 1. The lowest BCUT2D eigenvalue weighted by Gasteiger charge is -2.29. The van der Waals surface area contributed by atoms with E-state index in [0.717, 1.165) is 17.9 Å². The summed E-state index contributed by atoms with van der Waals surface area (Å²) in [6.07, 6.45) is 2.60. The Hall–Kier alpha value is -1.74. The number of para-hydroxylation sites is 1. The van der Waals surface area contributed by atoms with Gasteiger partial charge in [0.2, 0.25) is 0 Å². The molecule has 3 rings (SSSR count). The van der Waals surface area contributed by atoms with E-state index in [0.29, 0.717) is 6.04 Å². The number of rotatable bonds is 4. The predicted molar refractivity (Wildman–Crippen MR) is 78.9 cm³/mol. The molecule has 0 bridgehead atoms. The Bertz CT molecular complexity index is 574. The fourth-order valence-corrected chi connectivity index (χ4v) is 2.89. The molecule has 3 heteroatoms. The van der Waals surface area contributed by atoms with Crippen LogP contribution in [0.1, 0.15) is 38.1 Å². The van der Waals surface area contributed by atoms with Crippen LogP contribution in [0.4, 0.5) is 0 Å². The van der Waals surface area contributed by atoms with Crippen molar-refractivity contribution in [3.8, 4) is 5.75 Å². The summed E-state index contributed by atoms with van der Waals surface area (Å²) in [6.45, 7) is 6.44. The zero-order chi connectivity index (χ0) is 14.2. The molecule has 2 atom stereocenters. The standard InChI is InChI=1S/C17H21NO2/c1-12(11-13-7-6-10-19-13)18-16-14-8-4-5-9-15(14)20-17(16,2)3/h4-10,12,16,18H,11H2,1-3H3. The molecule has 1 N–H and O–H groups in total. The second kappa shape index (κ2) is 4.98. The number of hydrogen-bond donors (Lipinski definition) is 1. The second-order valence-corrected chi connectivity index (χ2v) is 6.03. The van der Waals surface area contributed by atoms with Gasteiger partial charge in [-0.25, -0.2) is 0 Å². The Morgan fingerprint density at radius 1 is 1.20 bits per heavy atom. The molecule has 106 valence electrons. The van der Waals surface area contributed by atoms with Crippen LogP contribution in [-0.4, -0.2) is 11.6 Å². The van der Waals surface area contributed by atoms with Crippen LogP contribution in [-0.2, 0) is 6.42 Å². The van der Waals surface area contributed by atoms with E-state index in [4.69, 9.17) is 9.15 Å². The van der Waals surface area contributed by atoms with Crippen molar-refractivity contribution < 1.29 is 9.15 Å². The number of fused-ring (bicyclic) bond motifs is 1. The van der Waals surface area contributed by atoms with Gasteiger partial charge in [-0.15, -0.1) is 0 Å². The first-order valence-corrected chi connectivity index (χ1v) is 7.12. The fraction of sp³-hybridized carbons (Fsp3) is 0.412. The third-order valence-electron chi connectivity index (χ3n) is 3.84. The Kier molecular flexibility index (Phi) is 3.30. The summed E-state index contributed by atoms with van der Waals surface area (Å²) in [6, 6.07) is 12.7. The van der Waals surface area contributed by atoms with Gasteiger partial charge in [0.05, 0.1) is 12.3 Å². The van der Waals surface area contributed by atoms with Crippen molar-refractivity contribution in [2.24, 2.45) is 0 Å². The number of ether oxygens (including phenoxy) is 1. The van der Waals surface area contributed by atoms with E-state index in [-0.39, 0.29) is 11.6 Å². The molecule has 0 spiro atoms. The van der Waals surface area contributed by atoms with Gasteiger partial charge in [-0.05, 0) is 39.0 Å². The van der Waals surface area contributed by atoms with E-state index in [1.807, 2.05) is 24.3 Å². The van der Waals surface area contributed by atoms with E-state index in [9.17, 15) is 0 Å². The van der Waals surface area contributed by atoms with Crippen molar-refractivity contribution in [3.63, 3.8) is 0 Å². The van der Waals surface area contributed by atoms with Crippen molar-refractivity contribution in [1.82, 2.24) is 5.32 Å². The van der Waals surface area contributed by atoms with Gasteiger partial charge in [0.1, 0.15) is 17.1 Å². The maximum atomic E-state index is 6.06. The van der Waals surface area contributed by atoms with Crippen LogP contribution in [0.3, 0.4) is 0 Å². The maximum absolute atomic E-state index is 6.06. The van der Waals surface area contributed by atoms with Crippen LogP contribution in [0.25, 0.3) is 0 Å². The summed E-state index contributed by atoms with van der Waals surface area (Å²) in [5.41, 5.74) is 1.00. The van der Waals surface area contributed by atoms with Crippen molar-refractivity contribution in [2.75, 3.05) is 0 Å². The zero-order valence-corrected chi connectivity index (χ0v) is 12.2. The highest BCUT2D eigenvalue weighted by molar-refractivity contribution is 5.42. The molecule has 0 saturated carbocycles. The Morgan fingerprint density at radius 2 is 2.00 bits per heavy atom. The average Bonchev–Trinajstić information content (AvgIpc) is 2.97. The van der Waals surface area contributed by atoms with Gasteiger partial charge in [-0.1, -0.05) is 18.2 Å². The second-order valence-electron chi connectivity index (χ2n) is 6.03. The summed E-state index contributed by atoms with van der Waals surface area (Å²) in [7, 11) is 0. The molecule has 3 nitrogen and oxygen atoms in total. The number of furan rings is 1. The first-order chi connectivity index (χ1) is 9.56.